The lowest BCUT2D eigenvalue weighted by Crippen LogP contribution is -2.48. The molecular formula is C48H55ClN8O8S. The number of fused-ring (bicyclic) bond motifs is 2. The number of rotatable bonds is 12. The third-order valence-corrected chi connectivity index (χ3v) is 14.9. The standard InChI is InChI=1S/C48H55ClN8O8S/c1-47(2)12-10-33(40(26-47)31-4-6-34(49)7-5-31)28-55-18-20-56(21-19-55)36-8-9-39(42(23-36)65-37-22-32-11-15-50-45(32)51-27-37)46(58)53-66(62,63)38-24-41(57(60)61)44-43(25-38)64-30-35(52-44)29-54-16-13-48(3,59)14-17-54/h4-9,11,15,22-25,27,35,52,59H,10,12-14,16-21,26,28-30H2,1-3H3,(H,50,51)(H,53,58)/t35-/m0/s1. The smallest absolute Gasteiger partial charge is 0.297 e. The van der Waals surface area contributed by atoms with E-state index in [-0.39, 0.29) is 40.8 Å². The van der Waals surface area contributed by atoms with Crippen molar-refractivity contribution in [3.8, 4) is 17.2 Å². The average Bonchev–Trinajstić information content (AvgIpc) is 3.76. The van der Waals surface area contributed by atoms with E-state index in [9.17, 15) is 28.4 Å². The van der Waals surface area contributed by atoms with Crippen LogP contribution in [-0.2, 0) is 10.0 Å². The van der Waals surface area contributed by atoms with Gasteiger partial charge < -0.3 is 34.7 Å². The van der Waals surface area contributed by atoms with Gasteiger partial charge in [-0.15, -0.1) is 0 Å². The normalized spacial score (nSPS) is 20.0. The number of ether oxygens (including phenoxy) is 2. The summed E-state index contributed by atoms with van der Waals surface area (Å²) in [4.78, 5) is 39.6. The van der Waals surface area contributed by atoms with Gasteiger partial charge in [0.05, 0.1) is 33.2 Å². The fourth-order valence-corrected chi connectivity index (χ4v) is 10.5. The van der Waals surface area contributed by atoms with E-state index in [0.717, 1.165) is 61.1 Å². The summed E-state index contributed by atoms with van der Waals surface area (Å²) in [6.45, 7) is 12.3. The number of nitro benzene ring substituents is 1. The number of H-pyrrole nitrogens is 1. The molecule has 2 aromatic heterocycles. The van der Waals surface area contributed by atoms with Crippen molar-refractivity contribution >= 4 is 61.2 Å². The van der Waals surface area contributed by atoms with Crippen LogP contribution in [0, 0.1) is 15.5 Å². The molecule has 1 aliphatic carbocycles. The monoisotopic (exact) mass is 938 g/mol. The molecule has 16 nitrogen and oxygen atoms in total. The van der Waals surface area contributed by atoms with Crippen LogP contribution in [0.25, 0.3) is 16.6 Å². The first-order valence-electron chi connectivity index (χ1n) is 22.4. The van der Waals surface area contributed by atoms with Crippen molar-refractivity contribution < 1.29 is 32.7 Å². The molecule has 5 heterocycles. The molecular weight excluding hydrogens is 884 g/mol. The van der Waals surface area contributed by atoms with Crippen LogP contribution >= 0.6 is 11.6 Å². The number of aliphatic hydroxyl groups is 1. The Kier molecular flexibility index (Phi) is 12.5. The van der Waals surface area contributed by atoms with Crippen molar-refractivity contribution in [3.63, 3.8) is 0 Å². The second-order valence-electron chi connectivity index (χ2n) is 19.0. The predicted octanol–water partition coefficient (Wildman–Crippen LogP) is 7.84. The van der Waals surface area contributed by atoms with Gasteiger partial charge in [-0.2, -0.15) is 0 Å². The number of hydrogen-bond acceptors (Lipinski definition) is 13. The lowest BCUT2D eigenvalue weighted by Gasteiger charge is -2.39. The van der Waals surface area contributed by atoms with E-state index in [2.05, 4.69) is 60.7 Å². The number of nitrogens with zero attached hydrogens (tertiary/aromatic N) is 5. The number of piperidine rings is 1. The second-order valence-corrected chi connectivity index (χ2v) is 21.1. The fraction of sp³-hybridized carbons (Fsp3) is 0.417. The molecule has 66 heavy (non-hydrogen) atoms. The third-order valence-electron chi connectivity index (χ3n) is 13.3. The van der Waals surface area contributed by atoms with Crippen molar-refractivity contribution in [2.24, 2.45) is 5.41 Å². The second kappa shape index (κ2) is 18.2. The number of amides is 1. The molecule has 9 rings (SSSR count). The highest BCUT2D eigenvalue weighted by Gasteiger charge is 2.35. The maximum absolute atomic E-state index is 14.1. The number of aromatic amines is 1. The van der Waals surface area contributed by atoms with Crippen molar-refractivity contribution in [2.75, 3.05) is 69.2 Å². The van der Waals surface area contributed by atoms with Crippen LogP contribution in [0.2, 0.25) is 5.02 Å². The van der Waals surface area contributed by atoms with Crippen LogP contribution in [-0.4, -0.2) is 115 Å². The van der Waals surface area contributed by atoms with Crippen LogP contribution in [0.5, 0.6) is 17.2 Å². The number of sulfonamides is 1. The van der Waals surface area contributed by atoms with Gasteiger partial charge >= 0.3 is 0 Å². The lowest BCUT2D eigenvalue weighted by molar-refractivity contribution is -0.384. The van der Waals surface area contributed by atoms with Gasteiger partial charge in [0.2, 0.25) is 0 Å². The Morgan fingerprint density at radius 1 is 1.00 bits per heavy atom. The zero-order chi connectivity index (χ0) is 46.4. The SMILES string of the molecule is CC1(C)CCC(CN2CCN(c3ccc(C(=O)NS(=O)(=O)c4cc5c(c([N+](=O)[O-])c4)N[C@@H](CN4CCC(C)(O)CC4)CO5)c(Oc4cnc5[nH]ccc5c4)c3)CC2)=C(c2ccc(Cl)cc2)C1. The number of carbonyl (C=O) groups excluding carboxylic acids is 1. The maximum Gasteiger partial charge on any atom is 0.297 e. The van der Waals surface area contributed by atoms with Crippen molar-refractivity contribution in [1.82, 2.24) is 24.5 Å². The van der Waals surface area contributed by atoms with Crippen LogP contribution < -0.4 is 24.4 Å². The molecule has 0 spiro atoms. The summed E-state index contributed by atoms with van der Waals surface area (Å²) in [5.74, 6) is -0.564. The summed E-state index contributed by atoms with van der Waals surface area (Å²) < 4.78 is 42.3. The quantitative estimate of drug-likeness (QED) is 0.0699. The predicted molar refractivity (Wildman–Crippen MR) is 254 cm³/mol. The van der Waals surface area contributed by atoms with Gasteiger partial charge in [0.1, 0.15) is 23.8 Å². The summed E-state index contributed by atoms with van der Waals surface area (Å²) in [6.07, 6.45) is 7.65. The molecule has 0 saturated carbocycles. The Bertz CT molecular complexity index is 2790. The Balaban J connectivity index is 0.929. The van der Waals surface area contributed by atoms with Gasteiger partial charge in [0.15, 0.2) is 11.4 Å². The summed E-state index contributed by atoms with van der Waals surface area (Å²) in [7, 11) is -4.68. The van der Waals surface area contributed by atoms with E-state index >= 15 is 0 Å². The number of halogens is 1. The Labute approximate surface area is 389 Å². The van der Waals surface area contributed by atoms with Crippen LogP contribution in [0.15, 0.2) is 89.6 Å². The van der Waals surface area contributed by atoms with Crippen LogP contribution in [0.4, 0.5) is 17.1 Å². The molecule has 4 aliphatic rings. The Morgan fingerprint density at radius 2 is 1.76 bits per heavy atom. The number of benzene rings is 3. The van der Waals surface area contributed by atoms with Gasteiger partial charge in [-0.05, 0) is 92.0 Å². The molecule has 0 bridgehead atoms. The molecule has 2 saturated heterocycles. The first-order chi connectivity index (χ1) is 31.5. The number of piperazine rings is 1. The highest BCUT2D eigenvalue weighted by atomic mass is 35.5. The van der Waals surface area contributed by atoms with E-state index in [1.807, 2.05) is 25.1 Å². The molecule has 0 radical (unpaired) electrons. The van der Waals surface area contributed by atoms with Crippen LogP contribution in [0.3, 0.4) is 0 Å². The molecule has 0 unspecified atom stereocenters. The van der Waals surface area contributed by atoms with Crippen molar-refractivity contribution in [2.45, 2.75) is 69.4 Å². The summed E-state index contributed by atoms with van der Waals surface area (Å²) in [5.41, 5.74) is 4.51. The topological polar surface area (TPSA) is 195 Å². The molecule has 2 fully saturated rings. The van der Waals surface area contributed by atoms with E-state index < -0.39 is 37.0 Å². The first kappa shape index (κ1) is 45.4. The van der Waals surface area contributed by atoms with E-state index in [0.29, 0.717) is 57.0 Å². The summed E-state index contributed by atoms with van der Waals surface area (Å²) in [5, 5.41) is 27.4. The van der Waals surface area contributed by atoms with Gasteiger partial charge in [-0.3, -0.25) is 19.8 Å². The van der Waals surface area contributed by atoms with Gasteiger partial charge in [-0.25, -0.2) is 18.1 Å². The number of hydrogen-bond donors (Lipinski definition) is 4. The van der Waals surface area contributed by atoms with E-state index in [1.54, 1.807) is 24.4 Å². The van der Waals surface area contributed by atoms with E-state index in [1.165, 1.54) is 35.0 Å². The molecule has 3 aromatic carbocycles. The van der Waals surface area contributed by atoms with Gasteiger partial charge in [-0.1, -0.05) is 43.2 Å². The zero-order valence-corrected chi connectivity index (χ0v) is 38.9. The first-order valence-corrected chi connectivity index (χ1v) is 24.3. The average molecular weight is 940 g/mol. The number of allylic oxidation sites excluding steroid dienone is 1. The maximum atomic E-state index is 14.1. The number of anilines is 2. The van der Waals surface area contributed by atoms with E-state index in [4.69, 9.17) is 21.1 Å². The molecule has 4 N–H and O–H groups in total. The molecule has 348 valence electrons. The van der Waals surface area contributed by atoms with Gasteiger partial charge in [0, 0.05) is 92.9 Å². The lowest BCUT2D eigenvalue weighted by atomic mass is 9.72. The van der Waals surface area contributed by atoms with Crippen molar-refractivity contribution in [3.05, 3.63) is 111 Å². The summed E-state index contributed by atoms with van der Waals surface area (Å²) >= 11 is 6.25. The number of pyridine rings is 1. The number of likely N-dealkylation sites (tertiary alicyclic amines) is 1. The minimum atomic E-state index is -4.68. The molecule has 1 amide bonds. The summed E-state index contributed by atoms with van der Waals surface area (Å²) in [6, 6.07) is 18.6. The Morgan fingerprint density at radius 3 is 2.50 bits per heavy atom. The minimum absolute atomic E-state index is 0.0163. The molecule has 1 atom stereocenters. The number of aromatic nitrogens is 2. The number of carbonyl (C=O) groups is 1. The third kappa shape index (κ3) is 10.1. The van der Waals surface area contributed by atoms with Gasteiger partial charge in [0.25, 0.3) is 21.6 Å². The molecule has 18 heteroatoms. The number of nitrogens with one attached hydrogen (secondary N) is 3. The van der Waals surface area contributed by atoms with Crippen molar-refractivity contribution in [1.29, 1.82) is 0 Å². The zero-order valence-electron chi connectivity index (χ0n) is 37.3. The highest BCUT2D eigenvalue weighted by molar-refractivity contribution is 7.90. The minimum Gasteiger partial charge on any atom is -0.489 e. The largest absolute Gasteiger partial charge is 0.489 e. The highest BCUT2D eigenvalue weighted by Crippen LogP contribution is 2.44. The van der Waals surface area contributed by atoms with Crippen LogP contribution in [0.1, 0.15) is 68.8 Å². The fourth-order valence-electron chi connectivity index (χ4n) is 9.41. The molecule has 5 aromatic rings. The molecule has 3 aliphatic heterocycles. The number of nitro groups is 1. The Hall–Kier alpha value is -5.72.